The highest BCUT2D eigenvalue weighted by Gasteiger charge is 2.38. The molecule has 0 spiro atoms. The summed E-state index contributed by atoms with van der Waals surface area (Å²) in [6, 6.07) is 0. The fourth-order valence-electron chi connectivity index (χ4n) is 3.08. The zero-order valence-corrected chi connectivity index (χ0v) is 15.4. The lowest BCUT2D eigenvalue weighted by atomic mass is 9.87. The number of carbonyl (C=O) groups excluding carboxylic acids is 2. The Morgan fingerprint density at radius 2 is 2.15 bits per heavy atom. The molecule has 3 atom stereocenters. The van der Waals surface area contributed by atoms with Crippen LogP contribution in [0.15, 0.2) is 35.5 Å². The number of esters is 2. The van der Waals surface area contributed by atoms with Gasteiger partial charge in [-0.1, -0.05) is 18.7 Å². The number of aliphatic hydroxyl groups excluding tert-OH is 2. The third-order valence-electron chi connectivity index (χ3n) is 4.78. The van der Waals surface area contributed by atoms with Crippen molar-refractivity contribution < 1.29 is 29.3 Å². The average Bonchev–Trinajstić information content (AvgIpc) is 2.90. The van der Waals surface area contributed by atoms with E-state index in [0.717, 1.165) is 11.1 Å². The molecule has 0 bridgehead atoms. The smallest absolute Gasteiger partial charge is 0.334 e. The molecule has 2 rings (SSSR count). The Kier molecular flexibility index (Phi) is 7.87. The number of hydrogen-bond donors (Lipinski definition) is 2. The van der Waals surface area contributed by atoms with Crippen LogP contribution < -0.4 is 0 Å². The first-order chi connectivity index (χ1) is 12.5. The van der Waals surface area contributed by atoms with Gasteiger partial charge in [0.05, 0.1) is 19.1 Å². The summed E-state index contributed by atoms with van der Waals surface area (Å²) in [6.45, 7) is 3.49. The Hall–Kier alpha value is -1.63. The number of allylic oxidation sites excluding steroid dienone is 2. The highest BCUT2D eigenvalue weighted by molar-refractivity contribution is 6.19. The maximum absolute atomic E-state index is 11.9. The van der Waals surface area contributed by atoms with E-state index in [-0.39, 0.29) is 37.7 Å². The number of rotatable bonds is 6. The van der Waals surface area contributed by atoms with Gasteiger partial charge in [0.1, 0.15) is 12.7 Å². The van der Waals surface area contributed by atoms with Gasteiger partial charge in [-0.05, 0) is 30.4 Å². The molecule has 6 nitrogen and oxygen atoms in total. The number of alkyl halides is 1. The van der Waals surface area contributed by atoms with Crippen molar-refractivity contribution in [3.63, 3.8) is 0 Å². The van der Waals surface area contributed by atoms with Crippen molar-refractivity contribution in [1.29, 1.82) is 0 Å². The molecular formula is C19H25ClO6. The molecule has 26 heavy (non-hydrogen) atoms. The van der Waals surface area contributed by atoms with Crippen LogP contribution in [0.4, 0.5) is 0 Å². The lowest BCUT2D eigenvalue weighted by Crippen LogP contribution is -2.23. The SMILES string of the molecule is C=C1C(=O)O[C@H]2C/C(CO)=C\CC/C(COC(=O)C(CO)CCl)=C/C[C@H]12. The van der Waals surface area contributed by atoms with Crippen molar-refractivity contribution in [3.8, 4) is 0 Å². The molecule has 0 aromatic rings. The van der Waals surface area contributed by atoms with Gasteiger partial charge < -0.3 is 19.7 Å². The van der Waals surface area contributed by atoms with Crippen molar-refractivity contribution in [2.75, 3.05) is 25.7 Å². The zero-order valence-electron chi connectivity index (χ0n) is 14.7. The molecule has 1 saturated heterocycles. The second-order valence-corrected chi connectivity index (χ2v) is 6.89. The van der Waals surface area contributed by atoms with Crippen LogP contribution in [-0.2, 0) is 19.1 Å². The Labute approximate surface area is 158 Å². The summed E-state index contributed by atoms with van der Waals surface area (Å²) >= 11 is 5.63. The minimum atomic E-state index is -0.734. The lowest BCUT2D eigenvalue weighted by Gasteiger charge is -2.20. The summed E-state index contributed by atoms with van der Waals surface area (Å²) in [6.07, 6.45) is 5.97. The van der Waals surface area contributed by atoms with E-state index in [1.807, 2.05) is 12.2 Å². The third-order valence-corrected chi connectivity index (χ3v) is 5.15. The highest BCUT2D eigenvalue weighted by atomic mass is 35.5. The molecule has 144 valence electrons. The summed E-state index contributed by atoms with van der Waals surface area (Å²) in [7, 11) is 0. The number of halogens is 1. The zero-order chi connectivity index (χ0) is 19.1. The van der Waals surface area contributed by atoms with Crippen molar-refractivity contribution in [2.24, 2.45) is 11.8 Å². The number of carbonyl (C=O) groups is 2. The Balaban J connectivity index is 2.10. The Morgan fingerprint density at radius 1 is 1.38 bits per heavy atom. The maximum atomic E-state index is 11.9. The van der Waals surface area contributed by atoms with E-state index in [1.165, 1.54) is 0 Å². The lowest BCUT2D eigenvalue weighted by molar-refractivity contribution is -0.148. The van der Waals surface area contributed by atoms with E-state index in [1.54, 1.807) is 0 Å². The molecule has 2 aliphatic rings. The van der Waals surface area contributed by atoms with Crippen LogP contribution in [0.25, 0.3) is 0 Å². The summed E-state index contributed by atoms with van der Waals surface area (Å²) in [5, 5.41) is 18.6. The first kappa shape index (κ1) is 20.7. The van der Waals surface area contributed by atoms with Gasteiger partial charge in [0.15, 0.2) is 0 Å². The molecule has 0 aromatic heterocycles. The van der Waals surface area contributed by atoms with Gasteiger partial charge in [-0.25, -0.2) is 4.79 Å². The average molecular weight is 385 g/mol. The first-order valence-corrected chi connectivity index (χ1v) is 9.23. The molecule has 0 amide bonds. The molecular weight excluding hydrogens is 360 g/mol. The maximum Gasteiger partial charge on any atom is 0.334 e. The van der Waals surface area contributed by atoms with Crippen LogP contribution in [0.3, 0.4) is 0 Å². The van der Waals surface area contributed by atoms with Gasteiger partial charge in [0, 0.05) is 23.8 Å². The molecule has 0 aromatic carbocycles. The summed E-state index contributed by atoms with van der Waals surface area (Å²) in [4.78, 5) is 23.7. The van der Waals surface area contributed by atoms with E-state index in [2.05, 4.69) is 6.58 Å². The Morgan fingerprint density at radius 3 is 2.81 bits per heavy atom. The van der Waals surface area contributed by atoms with Crippen LogP contribution >= 0.6 is 11.6 Å². The van der Waals surface area contributed by atoms with Crippen molar-refractivity contribution in [1.82, 2.24) is 0 Å². The molecule has 7 heteroatoms. The van der Waals surface area contributed by atoms with Crippen LogP contribution in [0.5, 0.6) is 0 Å². The van der Waals surface area contributed by atoms with Gasteiger partial charge in [0.2, 0.25) is 0 Å². The predicted molar refractivity (Wildman–Crippen MR) is 96.5 cm³/mol. The predicted octanol–water partition coefficient (Wildman–Crippen LogP) is 1.89. The van der Waals surface area contributed by atoms with Crippen LogP contribution in [0.2, 0.25) is 0 Å². The van der Waals surface area contributed by atoms with Gasteiger partial charge in [-0.15, -0.1) is 11.6 Å². The Bertz CT molecular complexity index is 605. The second kappa shape index (κ2) is 9.90. The van der Waals surface area contributed by atoms with Crippen molar-refractivity contribution >= 4 is 23.5 Å². The van der Waals surface area contributed by atoms with Gasteiger partial charge in [-0.3, -0.25) is 4.79 Å². The molecule has 1 heterocycles. The fraction of sp³-hybridized carbons (Fsp3) is 0.579. The number of hydrogen-bond acceptors (Lipinski definition) is 6. The summed E-state index contributed by atoms with van der Waals surface area (Å²) in [5.41, 5.74) is 2.16. The van der Waals surface area contributed by atoms with Crippen LogP contribution in [-0.4, -0.2) is 54.0 Å². The minimum Gasteiger partial charge on any atom is -0.461 e. The topological polar surface area (TPSA) is 93.1 Å². The van der Waals surface area contributed by atoms with E-state index in [9.17, 15) is 14.7 Å². The summed E-state index contributed by atoms with van der Waals surface area (Å²) in [5.74, 6) is -1.82. The molecule has 1 aliphatic heterocycles. The van der Waals surface area contributed by atoms with Gasteiger partial charge in [0.25, 0.3) is 0 Å². The fourth-order valence-corrected chi connectivity index (χ4v) is 3.30. The molecule has 1 fully saturated rings. The molecule has 1 unspecified atom stereocenters. The van der Waals surface area contributed by atoms with Crippen molar-refractivity contribution in [3.05, 3.63) is 35.5 Å². The number of fused-ring (bicyclic) bond motifs is 1. The number of aliphatic hydroxyl groups is 2. The third kappa shape index (κ3) is 5.19. The van der Waals surface area contributed by atoms with Gasteiger partial charge in [-0.2, -0.15) is 0 Å². The monoisotopic (exact) mass is 384 g/mol. The number of ether oxygens (including phenoxy) is 2. The second-order valence-electron chi connectivity index (χ2n) is 6.58. The largest absolute Gasteiger partial charge is 0.461 e. The highest BCUT2D eigenvalue weighted by Crippen LogP contribution is 2.34. The van der Waals surface area contributed by atoms with Gasteiger partial charge >= 0.3 is 11.9 Å². The quantitative estimate of drug-likeness (QED) is 0.314. The van der Waals surface area contributed by atoms with E-state index < -0.39 is 17.9 Å². The summed E-state index contributed by atoms with van der Waals surface area (Å²) < 4.78 is 10.7. The van der Waals surface area contributed by atoms with E-state index in [4.69, 9.17) is 26.2 Å². The van der Waals surface area contributed by atoms with E-state index in [0.29, 0.717) is 31.3 Å². The standard InChI is InChI=1S/C19H25ClO6/c1-12-16-6-5-13(11-25-19(24)15(8-20)10-22)3-2-4-14(9-21)7-17(16)26-18(12)23/h4-5,15-17,21-22H,1-3,6-11H2/b13-5-,14-4+/t15?,16-,17+/m1/s1. The van der Waals surface area contributed by atoms with Crippen LogP contribution in [0, 0.1) is 11.8 Å². The first-order valence-electron chi connectivity index (χ1n) is 8.70. The molecule has 1 aliphatic carbocycles. The molecule has 2 N–H and O–H groups in total. The normalized spacial score (nSPS) is 28.9. The molecule has 0 radical (unpaired) electrons. The minimum absolute atomic E-state index is 0.00000729. The molecule has 0 saturated carbocycles. The van der Waals surface area contributed by atoms with Crippen molar-refractivity contribution in [2.45, 2.75) is 31.8 Å². The van der Waals surface area contributed by atoms with Crippen LogP contribution in [0.1, 0.15) is 25.7 Å². The van der Waals surface area contributed by atoms with E-state index >= 15 is 0 Å².